The summed E-state index contributed by atoms with van der Waals surface area (Å²) in [5.41, 5.74) is 4.79. The van der Waals surface area contributed by atoms with Crippen LogP contribution in [0.15, 0.2) is 24.3 Å². The summed E-state index contributed by atoms with van der Waals surface area (Å²) in [6.07, 6.45) is -3.21. The van der Waals surface area contributed by atoms with Gasteiger partial charge >= 0.3 is 12.5 Å². The van der Waals surface area contributed by atoms with E-state index in [1.54, 1.807) is 0 Å². The first-order chi connectivity index (χ1) is 12.3. The van der Waals surface area contributed by atoms with Crippen molar-refractivity contribution in [2.45, 2.75) is 50.7 Å². The highest BCUT2D eigenvalue weighted by atomic mass is 32.1. The van der Waals surface area contributed by atoms with Crippen LogP contribution in [-0.2, 0) is 0 Å². The summed E-state index contributed by atoms with van der Waals surface area (Å²) in [6, 6.07) is 4.79. The molecule has 26 heavy (non-hydrogen) atoms. The number of ether oxygens (including phenoxy) is 1. The summed E-state index contributed by atoms with van der Waals surface area (Å²) in [5.74, 6) is -1.23. The molecule has 1 fully saturated rings. The molecule has 1 aromatic carbocycles. The van der Waals surface area contributed by atoms with E-state index >= 15 is 0 Å². The second kappa shape index (κ2) is 9.02. The SMILES string of the molecule is O=C(NNC(=S)NC1CCCCC1)c1cccc(OC(F)(F)C(F)F)c1. The molecule has 0 radical (unpaired) electrons. The standard InChI is InChI=1S/C16H19F4N3O2S/c17-14(18)16(19,20)25-12-8-4-5-10(9-12)13(24)22-23-15(26)21-11-6-2-1-3-7-11/h4-5,8-9,11,14H,1-3,6-7H2,(H,22,24)(H2,21,23,26). The van der Waals surface area contributed by atoms with Gasteiger partial charge in [0, 0.05) is 11.6 Å². The van der Waals surface area contributed by atoms with Crippen LogP contribution in [-0.4, -0.2) is 29.6 Å². The van der Waals surface area contributed by atoms with Gasteiger partial charge in [-0.05, 0) is 43.3 Å². The molecular formula is C16H19F4N3O2S. The topological polar surface area (TPSA) is 62.4 Å². The predicted octanol–water partition coefficient (Wildman–Crippen LogP) is 3.36. The van der Waals surface area contributed by atoms with E-state index in [0.29, 0.717) is 0 Å². The minimum atomic E-state index is -4.64. The zero-order valence-electron chi connectivity index (χ0n) is 13.7. The Morgan fingerprint density at radius 2 is 1.88 bits per heavy atom. The van der Waals surface area contributed by atoms with Crippen LogP contribution in [0.2, 0.25) is 0 Å². The van der Waals surface area contributed by atoms with Crippen LogP contribution in [0.1, 0.15) is 42.5 Å². The van der Waals surface area contributed by atoms with Crippen LogP contribution in [0.3, 0.4) is 0 Å². The van der Waals surface area contributed by atoms with Crippen molar-refractivity contribution in [2.24, 2.45) is 0 Å². The summed E-state index contributed by atoms with van der Waals surface area (Å²) < 4.78 is 54.2. The summed E-state index contributed by atoms with van der Waals surface area (Å²) in [4.78, 5) is 12.0. The molecule has 2 rings (SSSR count). The molecule has 0 spiro atoms. The van der Waals surface area contributed by atoms with E-state index in [4.69, 9.17) is 12.2 Å². The second-order valence-corrected chi connectivity index (χ2v) is 6.29. The molecule has 3 N–H and O–H groups in total. The summed E-state index contributed by atoms with van der Waals surface area (Å²) in [6.45, 7) is 0. The highest BCUT2D eigenvalue weighted by Crippen LogP contribution is 2.27. The number of amides is 1. The maximum absolute atomic E-state index is 12.9. The molecule has 1 aromatic rings. The van der Waals surface area contributed by atoms with Crippen molar-refractivity contribution >= 4 is 23.2 Å². The van der Waals surface area contributed by atoms with Gasteiger partial charge in [0.1, 0.15) is 5.75 Å². The number of carbonyl (C=O) groups excluding carboxylic acids is 1. The Balaban J connectivity index is 1.87. The highest BCUT2D eigenvalue weighted by Gasteiger charge is 2.44. The largest absolute Gasteiger partial charge is 0.461 e. The molecule has 0 unspecified atom stereocenters. The van der Waals surface area contributed by atoms with Crippen molar-refractivity contribution in [1.82, 2.24) is 16.2 Å². The average molecular weight is 393 g/mol. The van der Waals surface area contributed by atoms with Gasteiger partial charge in [0.25, 0.3) is 5.91 Å². The first kappa shape index (κ1) is 20.2. The molecule has 0 saturated heterocycles. The van der Waals surface area contributed by atoms with Gasteiger partial charge in [-0.2, -0.15) is 17.6 Å². The lowest BCUT2D eigenvalue weighted by atomic mass is 9.96. The maximum Gasteiger partial charge on any atom is 0.461 e. The number of hydrogen-bond acceptors (Lipinski definition) is 3. The Kier molecular flexibility index (Phi) is 7.01. The number of rotatable bonds is 5. The van der Waals surface area contributed by atoms with Gasteiger partial charge in [0.2, 0.25) is 0 Å². The summed E-state index contributed by atoms with van der Waals surface area (Å²) in [5, 5.41) is 3.32. The highest BCUT2D eigenvalue weighted by molar-refractivity contribution is 7.80. The molecule has 144 valence electrons. The number of alkyl halides is 4. The van der Waals surface area contributed by atoms with Crippen LogP contribution < -0.4 is 20.9 Å². The number of carbonyl (C=O) groups is 1. The van der Waals surface area contributed by atoms with Gasteiger partial charge in [0.05, 0.1) is 0 Å². The molecule has 0 bridgehead atoms. The summed E-state index contributed by atoms with van der Waals surface area (Å²) >= 11 is 5.09. The first-order valence-corrected chi connectivity index (χ1v) is 8.50. The van der Waals surface area contributed by atoms with Crippen molar-refractivity contribution < 1.29 is 27.1 Å². The van der Waals surface area contributed by atoms with Crippen LogP contribution in [0, 0.1) is 0 Å². The molecule has 0 aliphatic heterocycles. The first-order valence-electron chi connectivity index (χ1n) is 8.10. The van der Waals surface area contributed by atoms with E-state index in [1.165, 1.54) is 18.6 Å². The zero-order chi connectivity index (χ0) is 19.2. The van der Waals surface area contributed by atoms with Crippen molar-refractivity contribution in [3.8, 4) is 5.75 Å². The van der Waals surface area contributed by atoms with Crippen LogP contribution in [0.4, 0.5) is 17.6 Å². The maximum atomic E-state index is 12.9. The lowest BCUT2D eigenvalue weighted by Crippen LogP contribution is -2.50. The Morgan fingerprint density at radius 3 is 2.54 bits per heavy atom. The number of benzene rings is 1. The molecule has 10 heteroatoms. The van der Waals surface area contributed by atoms with Gasteiger partial charge in [-0.3, -0.25) is 15.6 Å². The van der Waals surface area contributed by atoms with Crippen molar-refractivity contribution in [3.63, 3.8) is 0 Å². The monoisotopic (exact) mass is 393 g/mol. The van der Waals surface area contributed by atoms with Crippen LogP contribution in [0.25, 0.3) is 0 Å². The van der Waals surface area contributed by atoms with Gasteiger partial charge in [-0.25, -0.2) is 0 Å². The minimum absolute atomic E-state index is 0.0551. The predicted molar refractivity (Wildman–Crippen MR) is 91.2 cm³/mol. The van der Waals surface area contributed by atoms with E-state index in [-0.39, 0.29) is 16.7 Å². The third-order valence-corrected chi connectivity index (χ3v) is 4.05. The fourth-order valence-electron chi connectivity index (χ4n) is 2.56. The quantitative estimate of drug-likeness (QED) is 0.407. The van der Waals surface area contributed by atoms with Crippen molar-refractivity contribution in [2.75, 3.05) is 0 Å². The molecule has 1 amide bonds. The molecule has 1 aliphatic rings. The zero-order valence-corrected chi connectivity index (χ0v) is 14.6. The third-order valence-electron chi connectivity index (χ3n) is 3.83. The minimum Gasteiger partial charge on any atom is -0.428 e. The number of halogens is 4. The second-order valence-electron chi connectivity index (χ2n) is 5.88. The van der Waals surface area contributed by atoms with Crippen molar-refractivity contribution in [1.29, 1.82) is 0 Å². The molecule has 5 nitrogen and oxygen atoms in total. The number of hydrogen-bond donors (Lipinski definition) is 3. The Morgan fingerprint density at radius 1 is 1.19 bits per heavy atom. The third kappa shape index (κ3) is 6.01. The normalized spacial score (nSPS) is 15.4. The lowest BCUT2D eigenvalue weighted by molar-refractivity contribution is -0.253. The van der Waals surface area contributed by atoms with E-state index in [0.717, 1.165) is 37.8 Å². The Hall–Kier alpha value is -2.10. The van der Waals surface area contributed by atoms with Crippen LogP contribution in [0.5, 0.6) is 5.75 Å². The smallest absolute Gasteiger partial charge is 0.428 e. The number of thiocarbonyl (C=S) groups is 1. The Bertz CT molecular complexity index is 640. The molecule has 1 saturated carbocycles. The van der Waals surface area contributed by atoms with E-state index in [9.17, 15) is 22.4 Å². The number of nitrogens with one attached hydrogen (secondary N) is 3. The van der Waals surface area contributed by atoms with Crippen LogP contribution >= 0.6 is 12.2 Å². The van der Waals surface area contributed by atoms with E-state index in [1.807, 2.05) is 0 Å². The molecule has 0 heterocycles. The molecular weight excluding hydrogens is 374 g/mol. The molecule has 0 atom stereocenters. The van der Waals surface area contributed by atoms with E-state index in [2.05, 4.69) is 20.9 Å². The fraction of sp³-hybridized carbons (Fsp3) is 0.500. The molecule has 1 aliphatic carbocycles. The van der Waals surface area contributed by atoms with E-state index < -0.39 is 24.2 Å². The molecule has 0 aromatic heterocycles. The average Bonchev–Trinajstić information content (AvgIpc) is 2.60. The fourth-order valence-corrected chi connectivity index (χ4v) is 2.77. The van der Waals surface area contributed by atoms with Crippen molar-refractivity contribution in [3.05, 3.63) is 29.8 Å². The van der Waals surface area contributed by atoms with Gasteiger partial charge in [-0.1, -0.05) is 25.3 Å². The lowest BCUT2D eigenvalue weighted by Gasteiger charge is -2.24. The van der Waals surface area contributed by atoms with Gasteiger partial charge in [0.15, 0.2) is 5.11 Å². The number of hydrazine groups is 1. The summed E-state index contributed by atoms with van der Waals surface area (Å²) in [7, 11) is 0. The van der Waals surface area contributed by atoms with Gasteiger partial charge in [-0.15, -0.1) is 0 Å². The van der Waals surface area contributed by atoms with Gasteiger partial charge < -0.3 is 10.1 Å². The Labute approximate surface area is 153 Å².